The summed E-state index contributed by atoms with van der Waals surface area (Å²) in [5.41, 5.74) is 0.172. The Balaban J connectivity index is 0.00000400. The van der Waals surface area contributed by atoms with Gasteiger partial charge in [0.2, 0.25) is 0 Å². The third-order valence-electron chi connectivity index (χ3n) is 5.40. The number of halogens is 2. The maximum Gasteiger partial charge on any atom is 1.00 e. The van der Waals surface area contributed by atoms with Crippen molar-refractivity contribution in [2.24, 2.45) is 10.2 Å². The van der Waals surface area contributed by atoms with Crippen molar-refractivity contribution in [3.63, 3.8) is 0 Å². The zero-order chi connectivity index (χ0) is 26.9. The zero-order valence-corrected chi connectivity index (χ0v) is 24.6. The Labute approximate surface area is 250 Å². The minimum absolute atomic E-state index is 0. The monoisotopic (exact) mass is 581 g/mol. The fourth-order valence-electron chi connectivity index (χ4n) is 3.63. The van der Waals surface area contributed by atoms with Crippen LogP contribution in [0.3, 0.4) is 0 Å². The Morgan fingerprint density at radius 1 is 1.05 bits per heavy atom. The minimum Gasteiger partial charge on any atom is -0.870 e. The fourth-order valence-corrected chi connectivity index (χ4v) is 4.90. The summed E-state index contributed by atoms with van der Waals surface area (Å²) in [5.74, 6) is -1.15. The molecule has 0 aromatic heterocycles. The number of nitrogens with one attached hydrogen (secondary N) is 1. The van der Waals surface area contributed by atoms with Crippen molar-refractivity contribution < 1.29 is 57.2 Å². The van der Waals surface area contributed by atoms with E-state index < -0.39 is 26.7 Å². The van der Waals surface area contributed by atoms with Crippen molar-refractivity contribution in [2.45, 2.75) is 11.8 Å². The minimum atomic E-state index is -4.63. The van der Waals surface area contributed by atoms with E-state index in [0.29, 0.717) is 22.1 Å². The summed E-state index contributed by atoms with van der Waals surface area (Å²) in [5, 5.41) is 25.1. The molecule has 1 amide bonds. The predicted molar refractivity (Wildman–Crippen MR) is 140 cm³/mol. The van der Waals surface area contributed by atoms with Crippen molar-refractivity contribution in [1.82, 2.24) is 0 Å². The van der Waals surface area contributed by atoms with Crippen LogP contribution in [0.15, 0.2) is 75.8 Å². The molecule has 0 spiro atoms. The number of rotatable bonds is 6. The van der Waals surface area contributed by atoms with Gasteiger partial charge in [0.05, 0.1) is 28.5 Å². The van der Waals surface area contributed by atoms with Crippen molar-refractivity contribution in [3.8, 4) is 11.5 Å². The van der Waals surface area contributed by atoms with Crippen molar-refractivity contribution >= 4 is 67.1 Å². The Bertz CT molecular complexity index is 1700. The molecule has 0 aliphatic heterocycles. The number of carbonyl (C=O) groups excluding carboxylic acids is 1. The normalized spacial score (nSPS) is 11.4. The van der Waals surface area contributed by atoms with E-state index in [0.717, 1.165) is 6.07 Å². The van der Waals surface area contributed by atoms with Crippen LogP contribution in [0.4, 0.5) is 17.1 Å². The van der Waals surface area contributed by atoms with E-state index in [1.165, 1.54) is 26.2 Å². The second-order valence-electron chi connectivity index (χ2n) is 7.84. The number of methoxy groups -OCH3 is 1. The summed E-state index contributed by atoms with van der Waals surface area (Å²) in [7, 11) is -3.21. The predicted octanol–water partition coefficient (Wildman–Crippen LogP) is 3.46. The number of hydrogen-bond acceptors (Lipinski definition) is 7. The maximum atomic E-state index is 13.4. The van der Waals surface area contributed by atoms with E-state index in [2.05, 4.69) is 15.5 Å². The number of ether oxygens (including phenoxy) is 1. The first-order chi connectivity index (χ1) is 17.5. The molecule has 13 heteroatoms. The Morgan fingerprint density at radius 3 is 2.45 bits per heavy atom. The van der Waals surface area contributed by atoms with Crippen LogP contribution in [0.5, 0.6) is 11.5 Å². The van der Waals surface area contributed by atoms with Crippen molar-refractivity contribution in [3.05, 3.63) is 81.8 Å². The van der Waals surface area contributed by atoms with Gasteiger partial charge < -0.3 is 15.2 Å². The van der Waals surface area contributed by atoms with Crippen LogP contribution in [0.1, 0.15) is 15.9 Å². The number of para-hydroxylation sites is 1. The van der Waals surface area contributed by atoms with E-state index in [-0.39, 0.29) is 62.2 Å². The summed E-state index contributed by atoms with van der Waals surface area (Å²) in [6.45, 7) is 1.53. The van der Waals surface area contributed by atoms with Gasteiger partial charge in [0.15, 0.2) is 0 Å². The van der Waals surface area contributed by atoms with Gasteiger partial charge >= 0.3 is 29.6 Å². The molecular formula is C25H18Cl2N3NaO6S. The summed E-state index contributed by atoms with van der Waals surface area (Å²) in [6, 6.07) is 15.5. The summed E-state index contributed by atoms with van der Waals surface area (Å²) < 4.78 is 38.1. The molecule has 4 aromatic carbocycles. The van der Waals surface area contributed by atoms with E-state index in [9.17, 15) is 22.9 Å². The van der Waals surface area contributed by atoms with Gasteiger partial charge in [-0.15, -0.1) is 0 Å². The number of nitrogens with zero attached hydrogens (tertiary/aromatic N) is 2. The van der Waals surface area contributed by atoms with Crippen LogP contribution in [0.25, 0.3) is 10.8 Å². The average molecular weight is 582 g/mol. The molecular weight excluding hydrogens is 564 g/mol. The maximum absolute atomic E-state index is 13.4. The number of anilines is 1. The second kappa shape index (κ2) is 12.0. The second-order valence-corrected chi connectivity index (χ2v) is 10.0. The first-order valence-corrected chi connectivity index (χ1v) is 12.8. The molecule has 0 fully saturated rings. The molecule has 0 saturated heterocycles. The number of azo groups is 1. The average Bonchev–Trinajstić information content (AvgIpc) is 2.85. The number of amides is 1. The third kappa shape index (κ3) is 6.13. The molecule has 4 rings (SSSR count). The summed E-state index contributed by atoms with van der Waals surface area (Å²) in [4.78, 5) is 12.6. The molecule has 4 aromatic rings. The van der Waals surface area contributed by atoms with Gasteiger partial charge in [0.1, 0.15) is 16.3 Å². The Hall–Kier alpha value is -2.70. The largest absolute Gasteiger partial charge is 1.00 e. The Kier molecular flexibility index (Phi) is 9.43. The van der Waals surface area contributed by atoms with Gasteiger partial charge in [0, 0.05) is 10.9 Å². The number of fused-ring (bicyclic) bond motifs is 1. The number of aryl methyl sites for hydroxylation is 1. The number of hydrogen-bond donors (Lipinski definition) is 2. The molecule has 0 radical (unpaired) electrons. The molecule has 0 saturated carbocycles. The molecule has 0 bridgehead atoms. The summed E-state index contributed by atoms with van der Waals surface area (Å²) >= 11 is 12.2. The molecule has 0 aliphatic carbocycles. The van der Waals surface area contributed by atoms with Gasteiger partial charge in [-0.25, -0.2) is 0 Å². The molecule has 0 heterocycles. The zero-order valence-electron chi connectivity index (χ0n) is 20.3. The molecule has 9 nitrogen and oxygen atoms in total. The summed E-state index contributed by atoms with van der Waals surface area (Å²) in [6.07, 6.45) is 0. The third-order valence-corrected chi connectivity index (χ3v) is 7.21. The van der Waals surface area contributed by atoms with Crippen molar-refractivity contribution in [2.75, 3.05) is 12.4 Å². The van der Waals surface area contributed by atoms with E-state index >= 15 is 0 Å². The van der Waals surface area contributed by atoms with Crippen LogP contribution in [-0.4, -0.2) is 26.0 Å². The SMILES string of the molecule is COc1cccc(Cl)c1NC(=O)c1cc2ccccc2c(N=Nc2cc(C)c(Cl)c(S(=O)(=O)O)c2)c1[O-].[Na+]. The Morgan fingerprint density at radius 2 is 1.76 bits per heavy atom. The molecule has 2 N–H and O–H groups in total. The molecule has 190 valence electrons. The van der Waals surface area contributed by atoms with Crippen molar-refractivity contribution in [1.29, 1.82) is 0 Å². The van der Waals surface area contributed by atoms with Gasteiger partial charge in [-0.2, -0.15) is 18.6 Å². The molecule has 0 aliphatic rings. The van der Waals surface area contributed by atoms with Crippen LogP contribution in [0, 0.1) is 6.92 Å². The number of benzene rings is 4. The molecule has 38 heavy (non-hydrogen) atoms. The fraction of sp³-hybridized carbons (Fsp3) is 0.0800. The topological polar surface area (TPSA) is 140 Å². The van der Waals surface area contributed by atoms with Crippen LogP contribution in [0.2, 0.25) is 10.0 Å². The van der Waals surface area contributed by atoms with Crippen LogP contribution in [-0.2, 0) is 10.1 Å². The van der Waals surface area contributed by atoms with E-state index in [1.54, 1.807) is 42.5 Å². The quantitative estimate of drug-likeness (QED) is 0.203. The smallest absolute Gasteiger partial charge is 0.870 e. The van der Waals surface area contributed by atoms with Gasteiger partial charge in [-0.1, -0.05) is 59.3 Å². The number of carbonyl (C=O) groups is 1. The van der Waals surface area contributed by atoms with E-state index in [4.69, 9.17) is 27.9 Å². The van der Waals surface area contributed by atoms with Gasteiger partial charge in [0.25, 0.3) is 16.0 Å². The standard InChI is InChI=1S/C25H19Cl2N3O6S.Na/c1-13-10-15(12-20(21(13)27)37(33,34)35)29-30-22-16-7-4-3-6-14(16)11-17(24(22)31)25(32)28-23-18(26)8-5-9-19(23)36-2;/h3-12,31H,1-2H3,(H,28,32)(H,33,34,35);/q;+1/p-1. The molecule has 0 atom stereocenters. The van der Waals surface area contributed by atoms with Crippen LogP contribution < -0.4 is 44.7 Å². The van der Waals surface area contributed by atoms with Crippen LogP contribution >= 0.6 is 23.2 Å². The van der Waals surface area contributed by atoms with Gasteiger partial charge in [-0.05, 0) is 48.2 Å². The first kappa shape index (κ1) is 29.9. The first-order valence-electron chi connectivity index (χ1n) is 10.6. The van der Waals surface area contributed by atoms with Gasteiger partial charge in [-0.3, -0.25) is 9.35 Å². The van der Waals surface area contributed by atoms with E-state index in [1.807, 2.05) is 0 Å². The molecule has 0 unspecified atom stereocenters.